The third-order valence-corrected chi connectivity index (χ3v) is 4.84. The molecule has 0 spiro atoms. The smallest absolute Gasteiger partial charge is 0.339 e. The van der Waals surface area contributed by atoms with Crippen LogP contribution in [0.1, 0.15) is 57.7 Å². The minimum absolute atomic E-state index is 0.0553. The second kappa shape index (κ2) is 6.87. The number of furan rings is 1. The zero-order chi connectivity index (χ0) is 19.9. The fourth-order valence-electron chi connectivity index (χ4n) is 3.41. The van der Waals surface area contributed by atoms with Crippen LogP contribution in [-0.2, 0) is 16.6 Å². The Balaban J connectivity index is 2.07. The van der Waals surface area contributed by atoms with Crippen LogP contribution in [0, 0.1) is 6.92 Å². The molecule has 144 valence electrons. The van der Waals surface area contributed by atoms with Crippen molar-refractivity contribution in [1.29, 1.82) is 0 Å². The number of hydrogen-bond acceptors (Lipinski definition) is 4. The van der Waals surface area contributed by atoms with Gasteiger partial charge in [0.05, 0.1) is 6.26 Å². The Morgan fingerprint density at radius 3 is 2.48 bits per heavy atom. The second-order valence-electron chi connectivity index (χ2n) is 8.46. The van der Waals surface area contributed by atoms with E-state index in [9.17, 15) is 9.59 Å². The van der Waals surface area contributed by atoms with Gasteiger partial charge in [0.1, 0.15) is 11.2 Å². The Labute approximate surface area is 158 Å². The van der Waals surface area contributed by atoms with Gasteiger partial charge in [0.25, 0.3) is 0 Å². The van der Waals surface area contributed by atoms with Gasteiger partial charge in [-0.1, -0.05) is 20.8 Å². The van der Waals surface area contributed by atoms with Gasteiger partial charge in [-0.2, -0.15) is 0 Å². The molecule has 0 radical (unpaired) electrons. The molecule has 0 saturated heterocycles. The number of hydrogen-bond donors (Lipinski definition) is 1. The summed E-state index contributed by atoms with van der Waals surface area (Å²) in [6.45, 7) is 12.2. The zero-order valence-electron chi connectivity index (χ0n) is 16.9. The Hall–Kier alpha value is -2.56. The van der Waals surface area contributed by atoms with E-state index < -0.39 is 0 Å². The number of carbonyl (C=O) groups excluding carboxylic acids is 1. The van der Waals surface area contributed by atoms with Gasteiger partial charge in [0.15, 0.2) is 0 Å². The lowest BCUT2D eigenvalue weighted by atomic mass is 9.86. The summed E-state index contributed by atoms with van der Waals surface area (Å²) in [5.41, 5.74) is 3.31. The lowest BCUT2D eigenvalue weighted by molar-refractivity contribution is -0.121. The van der Waals surface area contributed by atoms with Crippen LogP contribution in [0.15, 0.2) is 32.0 Å². The standard InChI is InChI=1S/C22H27NO4/c1-12(2)23-20(24)8-7-14-13(3)15-9-16-17(22(4,5)6)11-26-18(16)10-19(15)27-21(14)25/h9-12H,7-8H2,1-6H3,(H,23,24). The summed E-state index contributed by atoms with van der Waals surface area (Å²) >= 11 is 0. The SMILES string of the molecule is Cc1c(CCC(=O)NC(C)C)c(=O)oc2cc3occ(C(C)(C)C)c3cc12. The van der Waals surface area contributed by atoms with E-state index >= 15 is 0 Å². The van der Waals surface area contributed by atoms with E-state index in [0.29, 0.717) is 23.2 Å². The average molecular weight is 369 g/mol. The molecule has 0 unspecified atom stereocenters. The molecule has 0 bridgehead atoms. The maximum absolute atomic E-state index is 12.5. The summed E-state index contributed by atoms with van der Waals surface area (Å²) in [4.78, 5) is 24.4. The number of fused-ring (bicyclic) bond motifs is 2. The number of carbonyl (C=O) groups is 1. The molecular formula is C22H27NO4. The van der Waals surface area contributed by atoms with Crippen LogP contribution < -0.4 is 10.9 Å². The Morgan fingerprint density at radius 1 is 1.15 bits per heavy atom. The number of aryl methyl sites for hydroxylation is 1. The Kier molecular flexibility index (Phi) is 4.89. The predicted molar refractivity (Wildman–Crippen MR) is 107 cm³/mol. The molecule has 1 N–H and O–H groups in total. The highest BCUT2D eigenvalue weighted by Gasteiger charge is 2.21. The van der Waals surface area contributed by atoms with Crippen LogP contribution in [0.2, 0.25) is 0 Å². The van der Waals surface area contributed by atoms with Gasteiger partial charge in [-0.15, -0.1) is 0 Å². The summed E-state index contributed by atoms with van der Waals surface area (Å²) in [5.74, 6) is -0.0656. The van der Waals surface area contributed by atoms with Crippen molar-refractivity contribution in [1.82, 2.24) is 5.32 Å². The molecule has 3 rings (SSSR count). The van der Waals surface area contributed by atoms with Gasteiger partial charge >= 0.3 is 5.63 Å². The summed E-state index contributed by atoms with van der Waals surface area (Å²) in [5, 5.41) is 4.76. The molecule has 3 aromatic rings. The first-order chi connectivity index (χ1) is 12.6. The first kappa shape index (κ1) is 19.2. The largest absolute Gasteiger partial charge is 0.464 e. The van der Waals surface area contributed by atoms with E-state index in [1.165, 1.54) is 0 Å². The van der Waals surface area contributed by atoms with Gasteiger partial charge in [0.2, 0.25) is 5.91 Å². The van der Waals surface area contributed by atoms with Gasteiger partial charge in [-0.3, -0.25) is 4.79 Å². The lowest BCUT2D eigenvalue weighted by Gasteiger charge is -2.16. The number of benzene rings is 1. The van der Waals surface area contributed by atoms with Crippen molar-refractivity contribution in [3.8, 4) is 0 Å². The number of nitrogens with one attached hydrogen (secondary N) is 1. The highest BCUT2D eigenvalue weighted by atomic mass is 16.4. The monoisotopic (exact) mass is 369 g/mol. The third kappa shape index (κ3) is 3.77. The molecule has 2 aromatic heterocycles. The predicted octanol–water partition coefficient (Wildman–Crippen LogP) is 4.60. The van der Waals surface area contributed by atoms with Gasteiger partial charge in [-0.25, -0.2) is 4.79 Å². The molecule has 5 nitrogen and oxygen atoms in total. The van der Waals surface area contributed by atoms with Crippen molar-refractivity contribution in [3.63, 3.8) is 0 Å². The highest BCUT2D eigenvalue weighted by Crippen LogP contribution is 2.35. The van der Waals surface area contributed by atoms with Crippen molar-refractivity contribution in [2.75, 3.05) is 0 Å². The number of amides is 1. The molecule has 0 saturated carbocycles. The first-order valence-corrected chi connectivity index (χ1v) is 9.35. The van der Waals surface area contributed by atoms with Gasteiger partial charge in [0, 0.05) is 40.4 Å². The summed E-state index contributed by atoms with van der Waals surface area (Å²) in [7, 11) is 0. The molecule has 1 aromatic carbocycles. The molecule has 0 aliphatic heterocycles. The molecule has 0 aliphatic carbocycles. The van der Waals surface area contributed by atoms with E-state index in [4.69, 9.17) is 8.83 Å². The van der Waals surface area contributed by atoms with Gasteiger partial charge < -0.3 is 14.2 Å². The van der Waals surface area contributed by atoms with Crippen LogP contribution >= 0.6 is 0 Å². The van der Waals surface area contributed by atoms with E-state index in [-0.39, 0.29) is 29.4 Å². The Morgan fingerprint density at radius 2 is 1.85 bits per heavy atom. The van der Waals surface area contributed by atoms with E-state index in [2.05, 4.69) is 26.1 Å². The third-order valence-electron chi connectivity index (χ3n) is 4.84. The molecule has 0 fully saturated rings. The van der Waals surface area contributed by atoms with Crippen LogP contribution in [0.4, 0.5) is 0 Å². The molecule has 0 aliphatic rings. The Bertz CT molecular complexity index is 1060. The zero-order valence-corrected chi connectivity index (χ0v) is 16.9. The van der Waals surface area contributed by atoms with Crippen LogP contribution in [0.5, 0.6) is 0 Å². The highest BCUT2D eigenvalue weighted by molar-refractivity contribution is 5.96. The van der Waals surface area contributed by atoms with Crippen LogP contribution in [0.25, 0.3) is 21.9 Å². The lowest BCUT2D eigenvalue weighted by Crippen LogP contribution is -2.30. The molecule has 0 atom stereocenters. The average Bonchev–Trinajstić information content (AvgIpc) is 2.95. The van der Waals surface area contributed by atoms with Gasteiger partial charge in [-0.05, 0) is 44.2 Å². The molecule has 1 amide bonds. The second-order valence-corrected chi connectivity index (χ2v) is 8.46. The molecule has 2 heterocycles. The molecule has 5 heteroatoms. The molecular weight excluding hydrogens is 342 g/mol. The minimum atomic E-state index is -0.390. The van der Waals surface area contributed by atoms with Crippen LogP contribution in [-0.4, -0.2) is 11.9 Å². The quantitative estimate of drug-likeness (QED) is 0.682. The fraction of sp³-hybridized carbons (Fsp3) is 0.455. The minimum Gasteiger partial charge on any atom is -0.464 e. The number of rotatable bonds is 4. The van der Waals surface area contributed by atoms with Crippen molar-refractivity contribution < 1.29 is 13.6 Å². The normalized spacial score (nSPS) is 12.3. The van der Waals surface area contributed by atoms with Crippen molar-refractivity contribution in [2.45, 2.75) is 65.8 Å². The van der Waals surface area contributed by atoms with E-state index in [0.717, 1.165) is 21.9 Å². The van der Waals surface area contributed by atoms with Crippen molar-refractivity contribution in [2.24, 2.45) is 0 Å². The summed E-state index contributed by atoms with van der Waals surface area (Å²) in [6, 6.07) is 3.89. The fourth-order valence-corrected chi connectivity index (χ4v) is 3.41. The van der Waals surface area contributed by atoms with E-state index in [1.807, 2.05) is 26.8 Å². The molecule has 27 heavy (non-hydrogen) atoms. The maximum Gasteiger partial charge on any atom is 0.339 e. The van der Waals surface area contributed by atoms with Crippen molar-refractivity contribution in [3.05, 3.63) is 45.5 Å². The maximum atomic E-state index is 12.5. The topological polar surface area (TPSA) is 72.5 Å². The summed E-state index contributed by atoms with van der Waals surface area (Å²) < 4.78 is 11.2. The van der Waals surface area contributed by atoms with Crippen molar-refractivity contribution >= 4 is 27.8 Å². The van der Waals surface area contributed by atoms with Crippen LogP contribution in [0.3, 0.4) is 0 Å². The first-order valence-electron chi connectivity index (χ1n) is 9.35. The summed E-state index contributed by atoms with van der Waals surface area (Å²) in [6.07, 6.45) is 2.39. The van der Waals surface area contributed by atoms with E-state index in [1.54, 1.807) is 12.3 Å².